The lowest BCUT2D eigenvalue weighted by Gasteiger charge is -2.25. The van der Waals surface area contributed by atoms with Gasteiger partial charge in [-0.15, -0.1) is 0 Å². The first kappa shape index (κ1) is 23.0. The number of hydrogen-bond acceptors (Lipinski definition) is 5. The molecule has 0 fully saturated rings. The van der Waals surface area contributed by atoms with Crippen LogP contribution in [0.2, 0.25) is 0 Å². The van der Waals surface area contributed by atoms with Crippen LogP contribution in [0.5, 0.6) is 5.75 Å². The van der Waals surface area contributed by atoms with Gasteiger partial charge in [-0.3, -0.25) is 4.79 Å². The molecule has 0 aliphatic rings. The zero-order chi connectivity index (χ0) is 22.3. The summed E-state index contributed by atoms with van der Waals surface area (Å²) in [6.07, 6.45) is -0.938. The number of carbonyl (C=O) groups is 1. The van der Waals surface area contributed by atoms with E-state index in [2.05, 4.69) is 15.9 Å². The van der Waals surface area contributed by atoms with Gasteiger partial charge >= 0.3 is 10.1 Å². The number of nitrogens with zero attached hydrogens (tertiary/aromatic N) is 1. The second-order valence-electron chi connectivity index (χ2n) is 6.83. The fraction of sp³-hybridized carbons (Fsp3) is 0.174. The minimum atomic E-state index is -3.94. The maximum absolute atomic E-state index is 12.3. The zero-order valence-electron chi connectivity index (χ0n) is 16.6. The molecule has 1 N–H and O–H groups in total. The molecule has 3 aromatic carbocycles. The van der Waals surface area contributed by atoms with E-state index in [0.29, 0.717) is 12.1 Å². The van der Waals surface area contributed by atoms with Crippen LogP contribution in [0.4, 0.5) is 0 Å². The second kappa shape index (κ2) is 10.6. The van der Waals surface area contributed by atoms with Gasteiger partial charge in [-0.25, -0.2) is 0 Å². The average molecular weight is 504 g/mol. The van der Waals surface area contributed by atoms with Crippen LogP contribution in [-0.4, -0.2) is 36.2 Å². The number of aliphatic hydroxyl groups is 1. The fourth-order valence-electron chi connectivity index (χ4n) is 2.96. The van der Waals surface area contributed by atoms with Crippen LogP contribution < -0.4 is 4.18 Å². The van der Waals surface area contributed by atoms with Crippen molar-refractivity contribution in [3.05, 3.63) is 96.1 Å². The Balaban J connectivity index is 1.68. The van der Waals surface area contributed by atoms with E-state index in [0.717, 1.165) is 5.56 Å². The summed E-state index contributed by atoms with van der Waals surface area (Å²) in [6.45, 7) is 0.473. The number of aliphatic hydroxyl groups excluding tert-OH is 1. The number of benzene rings is 3. The summed E-state index contributed by atoms with van der Waals surface area (Å²) in [5.41, 5.74) is 1.50. The van der Waals surface area contributed by atoms with E-state index in [1.165, 1.54) is 24.3 Å². The van der Waals surface area contributed by atoms with Gasteiger partial charge in [0, 0.05) is 6.54 Å². The molecule has 1 amide bonds. The van der Waals surface area contributed by atoms with Crippen LogP contribution in [0, 0.1) is 0 Å². The van der Waals surface area contributed by atoms with Crippen LogP contribution in [0.1, 0.15) is 17.2 Å². The molecule has 3 rings (SSSR count). The molecule has 0 spiro atoms. The van der Waals surface area contributed by atoms with Gasteiger partial charge in [-0.05, 0) is 35.4 Å². The van der Waals surface area contributed by atoms with Crippen molar-refractivity contribution < 1.29 is 22.5 Å². The van der Waals surface area contributed by atoms with Gasteiger partial charge in [0.2, 0.25) is 5.91 Å². The Labute approximate surface area is 190 Å². The molecular formula is C23H22BrNO5S. The largest absolute Gasteiger partial charge is 0.387 e. The minimum Gasteiger partial charge on any atom is -0.387 e. The molecule has 0 heterocycles. The third kappa shape index (κ3) is 6.40. The number of halogens is 1. The summed E-state index contributed by atoms with van der Waals surface area (Å²) in [5.74, 6) is -0.00529. The third-order valence-corrected chi connectivity index (χ3v) is 6.32. The number of alkyl halides is 1. The molecule has 3 aromatic rings. The highest BCUT2D eigenvalue weighted by Crippen LogP contribution is 2.23. The van der Waals surface area contributed by atoms with Gasteiger partial charge in [0.05, 0.1) is 18.0 Å². The minimum absolute atomic E-state index is 0.0592. The Bertz CT molecular complexity index is 1090. The van der Waals surface area contributed by atoms with E-state index in [9.17, 15) is 18.3 Å². The number of hydrogen-bond donors (Lipinski definition) is 1. The SMILES string of the molecule is O=C(CBr)N(Cc1ccccc1)CC(O)c1ccc(OS(=O)(=O)c2ccccc2)cc1. The first-order valence-electron chi connectivity index (χ1n) is 9.54. The van der Waals surface area contributed by atoms with Gasteiger partial charge < -0.3 is 14.2 Å². The summed E-state index contributed by atoms with van der Waals surface area (Å²) < 4.78 is 29.8. The number of rotatable bonds is 9. The van der Waals surface area contributed by atoms with Gasteiger partial charge in [0.15, 0.2) is 0 Å². The molecule has 0 radical (unpaired) electrons. The predicted molar refractivity (Wildman–Crippen MR) is 121 cm³/mol. The van der Waals surface area contributed by atoms with E-state index >= 15 is 0 Å². The maximum Gasteiger partial charge on any atom is 0.339 e. The van der Waals surface area contributed by atoms with Crippen molar-refractivity contribution in [1.29, 1.82) is 0 Å². The Morgan fingerprint density at radius 3 is 2.10 bits per heavy atom. The average Bonchev–Trinajstić information content (AvgIpc) is 2.79. The van der Waals surface area contributed by atoms with Crippen molar-refractivity contribution in [2.75, 3.05) is 11.9 Å². The van der Waals surface area contributed by atoms with Gasteiger partial charge in [-0.1, -0.05) is 76.6 Å². The zero-order valence-corrected chi connectivity index (χ0v) is 19.0. The lowest BCUT2D eigenvalue weighted by Crippen LogP contribution is -2.35. The summed E-state index contributed by atoms with van der Waals surface area (Å²) >= 11 is 3.19. The van der Waals surface area contributed by atoms with Gasteiger partial charge in [0.1, 0.15) is 10.6 Å². The van der Waals surface area contributed by atoms with Crippen molar-refractivity contribution >= 4 is 32.0 Å². The number of carbonyl (C=O) groups excluding carboxylic acids is 1. The standard InChI is InChI=1S/C23H22BrNO5S/c24-15-23(27)25(16-18-7-3-1-4-8-18)17-22(26)19-11-13-20(14-12-19)30-31(28,29)21-9-5-2-6-10-21/h1-14,22,26H,15-17H2. The first-order chi connectivity index (χ1) is 14.9. The van der Waals surface area contributed by atoms with Crippen molar-refractivity contribution in [3.63, 3.8) is 0 Å². The quantitative estimate of drug-likeness (QED) is 0.353. The van der Waals surface area contributed by atoms with Gasteiger partial charge in [-0.2, -0.15) is 8.42 Å². The second-order valence-corrected chi connectivity index (χ2v) is 8.94. The third-order valence-electron chi connectivity index (χ3n) is 4.58. The molecule has 0 aromatic heterocycles. The summed E-state index contributed by atoms with van der Waals surface area (Å²) in [6, 6.07) is 23.5. The van der Waals surface area contributed by atoms with Crippen LogP contribution in [-0.2, 0) is 21.5 Å². The van der Waals surface area contributed by atoms with E-state index in [1.54, 1.807) is 35.2 Å². The first-order valence-corrected chi connectivity index (χ1v) is 12.1. The van der Waals surface area contributed by atoms with Crippen molar-refractivity contribution in [2.45, 2.75) is 17.5 Å². The van der Waals surface area contributed by atoms with E-state index in [1.807, 2.05) is 30.3 Å². The Hall–Kier alpha value is -2.68. The van der Waals surface area contributed by atoms with Crippen LogP contribution in [0.15, 0.2) is 89.8 Å². The van der Waals surface area contributed by atoms with E-state index in [-0.39, 0.29) is 28.4 Å². The Morgan fingerprint density at radius 1 is 0.935 bits per heavy atom. The van der Waals surface area contributed by atoms with Crippen LogP contribution in [0.25, 0.3) is 0 Å². The van der Waals surface area contributed by atoms with E-state index in [4.69, 9.17) is 4.18 Å². The van der Waals surface area contributed by atoms with Crippen LogP contribution >= 0.6 is 15.9 Å². The smallest absolute Gasteiger partial charge is 0.339 e. The summed E-state index contributed by atoms with van der Waals surface area (Å²) in [4.78, 5) is 13.9. The molecule has 0 saturated carbocycles. The fourth-order valence-corrected chi connectivity index (χ4v) is 4.27. The van der Waals surface area contributed by atoms with Crippen molar-refractivity contribution in [3.8, 4) is 5.75 Å². The molecule has 162 valence electrons. The molecule has 8 heteroatoms. The molecule has 0 saturated heterocycles. The molecule has 31 heavy (non-hydrogen) atoms. The molecular weight excluding hydrogens is 482 g/mol. The predicted octanol–water partition coefficient (Wildman–Crippen LogP) is 3.91. The lowest BCUT2D eigenvalue weighted by molar-refractivity contribution is -0.130. The summed E-state index contributed by atoms with van der Waals surface area (Å²) in [7, 11) is -3.94. The lowest BCUT2D eigenvalue weighted by atomic mass is 10.1. The monoisotopic (exact) mass is 503 g/mol. The normalized spacial score (nSPS) is 12.2. The molecule has 0 aliphatic heterocycles. The maximum atomic E-state index is 12.3. The van der Waals surface area contributed by atoms with Crippen LogP contribution in [0.3, 0.4) is 0 Å². The Morgan fingerprint density at radius 2 is 1.52 bits per heavy atom. The molecule has 0 bridgehead atoms. The topological polar surface area (TPSA) is 83.9 Å². The van der Waals surface area contributed by atoms with E-state index < -0.39 is 16.2 Å². The molecule has 1 unspecified atom stereocenters. The molecule has 6 nitrogen and oxygen atoms in total. The van der Waals surface area contributed by atoms with Gasteiger partial charge in [0.25, 0.3) is 0 Å². The Kier molecular flexibility index (Phi) is 7.84. The molecule has 0 aliphatic carbocycles. The number of amides is 1. The highest BCUT2D eigenvalue weighted by molar-refractivity contribution is 9.09. The molecule has 1 atom stereocenters. The summed E-state index contributed by atoms with van der Waals surface area (Å²) in [5, 5.41) is 10.8. The van der Waals surface area contributed by atoms with Crippen molar-refractivity contribution in [2.24, 2.45) is 0 Å². The van der Waals surface area contributed by atoms with Crippen molar-refractivity contribution in [1.82, 2.24) is 4.90 Å². The highest BCUT2D eigenvalue weighted by Gasteiger charge is 2.20. The highest BCUT2D eigenvalue weighted by atomic mass is 79.9.